The van der Waals surface area contributed by atoms with Crippen molar-refractivity contribution >= 4 is 39.8 Å². The maximum Gasteiger partial charge on any atom is 0.225 e. The summed E-state index contributed by atoms with van der Waals surface area (Å²) >= 11 is 0. The van der Waals surface area contributed by atoms with E-state index in [4.69, 9.17) is 4.74 Å². The van der Waals surface area contributed by atoms with Crippen LogP contribution in [-0.2, 0) is 16.0 Å². The van der Waals surface area contributed by atoms with Crippen molar-refractivity contribution in [2.24, 2.45) is 0 Å². The Hall–Kier alpha value is -3.65. The molecule has 1 fully saturated rings. The van der Waals surface area contributed by atoms with Gasteiger partial charge >= 0.3 is 0 Å². The van der Waals surface area contributed by atoms with Crippen molar-refractivity contribution < 1.29 is 14.3 Å². The number of carbonyl (C=O) groups excluding carboxylic acids is 2. The Bertz CT molecular complexity index is 1250. The van der Waals surface area contributed by atoms with E-state index < -0.39 is 0 Å². The fourth-order valence-electron chi connectivity index (χ4n) is 4.94. The number of unbranched alkanes of at least 4 members (excludes halogenated alkanes) is 1. The molecule has 1 saturated heterocycles. The van der Waals surface area contributed by atoms with Gasteiger partial charge in [0.1, 0.15) is 5.82 Å². The van der Waals surface area contributed by atoms with E-state index in [0.29, 0.717) is 24.7 Å². The van der Waals surface area contributed by atoms with E-state index in [1.54, 1.807) is 0 Å². The van der Waals surface area contributed by atoms with E-state index in [1.807, 2.05) is 18.2 Å². The highest BCUT2D eigenvalue weighted by Gasteiger charge is 2.19. The summed E-state index contributed by atoms with van der Waals surface area (Å²) in [4.78, 5) is 32.5. The molecule has 0 saturated carbocycles. The average molecular weight is 488 g/mol. The summed E-state index contributed by atoms with van der Waals surface area (Å²) in [6.45, 7) is 7.20. The molecular formula is C28H33N5O3. The fourth-order valence-corrected chi connectivity index (χ4v) is 4.94. The molecule has 36 heavy (non-hydrogen) atoms. The molecule has 0 aliphatic carbocycles. The fraction of sp³-hybridized carbons (Fsp3) is 0.393. The number of pyridine rings is 1. The van der Waals surface area contributed by atoms with Crippen LogP contribution >= 0.6 is 0 Å². The second-order valence-corrected chi connectivity index (χ2v) is 9.48. The topological polar surface area (TPSA) is 86.8 Å². The zero-order chi connectivity index (χ0) is 24.9. The summed E-state index contributed by atoms with van der Waals surface area (Å²) in [5, 5.41) is 8.07. The molecule has 2 N–H and O–H groups in total. The Morgan fingerprint density at radius 1 is 1.06 bits per heavy atom. The van der Waals surface area contributed by atoms with Gasteiger partial charge in [-0.1, -0.05) is 18.2 Å². The van der Waals surface area contributed by atoms with Crippen LogP contribution in [0, 0.1) is 0 Å². The number of anilines is 3. The summed E-state index contributed by atoms with van der Waals surface area (Å²) in [5.74, 6) is 1.17. The molecule has 2 aliphatic heterocycles. The Labute approximate surface area is 211 Å². The maximum absolute atomic E-state index is 11.6. The number of fused-ring (bicyclic) bond motifs is 2. The zero-order valence-corrected chi connectivity index (χ0v) is 20.8. The van der Waals surface area contributed by atoms with Gasteiger partial charge in [-0.3, -0.25) is 14.5 Å². The lowest BCUT2D eigenvalue weighted by atomic mass is 10.1. The molecule has 8 nitrogen and oxygen atoms in total. The molecule has 188 valence electrons. The minimum Gasteiger partial charge on any atom is -0.478 e. The van der Waals surface area contributed by atoms with Gasteiger partial charge in [0, 0.05) is 62.4 Å². The number of hydrogen-bond donors (Lipinski definition) is 2. The maximum atomic E-state index is 11.6. The van der Waals surface area contributed by atoms with Crippen LogP contribution in [-0.4, -0.2) is 61.0 Å². The third-order valence-electron chi connectivity index (χ3n) is 6.84. The predicted octanol–water partition coefficient (Wildman–Crippen LogP) is 4.06. The van der Waals surface area contributed by atoms with Crippen LogP contribution in [0.4, 0.5) is 17.2 Å². The molecule has 3 heterocycles. The monoisotopic (exact) mass is 487 g/mol. The van der Waals surface area contributed by atoms with Crippen molar-refractivity contribution in [3.8, 4) is 5.88 Å². The van der Waals surface area contributed by atoms with Crippen LogP contribution in [0.2, 0.25) is 0 Å². The Morgan fingerprint density at radius 3 is 2.75 bits per heavy atom. The largest absolute Gasteiger partial charge is 0.478 e. The van der Waals surface area contributed by atoms with Crippen molar-refractivity contribution in [1.82, 2.24) is 9.88 Å². The standard InChI is InChI=1S/C28H33N5O3/c1-20(34)29-23-10-7-21-5-4-6-25(24(21)19-23)33-16-14-32(15-17-33)13-2-3-18-36-27-12-9-22-8-11-26(35)30-28(22)31-27/h4-7,9-10,12,19H,2-3,8,11,13-18H2,1H3,(H,29,34)(H,30,31,35). The van der Waals surface area contributed by atoms with Gasteiger partial charge < -0.3 is 20.3 Å². The number of amides is 2. The molecule has 0 bridgehead atoms. The first-order chi connectivity index (χ1) is 17.5. The molecule has 2 aromatic carbocycles. The number of aromatic nitrogens is 1. The first-order valence-electron chi connectivity index (χ1n) is 12.8. The van der Waals surface area contributed by atoms with Crippen LogP contribution in [0.1, 0.15) is 31.7 Å². The summed E-state index contributed by atoms with van der Waals surface area (Å²) in [6.07, 6.45) is 3.28. The quantitative estimate of drug-likeness (QED) is 0.466. The Balaban J connectivity index is 1.08. The minimum absolute atomic E-state index is 0.0161. The van der Waals surface area contributed by atoms with Crippen LogP contribution in [0.3, 0.4) is 0 Å². The number of aryl methyl sites for hydroxylation is 1. The van der Waals surface area contributed by atoms with Crippen molar-refractivity contribution in [3.63, 3.8) is 0 Å². The minimum atomic E-state index is -0.0571. The van der Waals surface area contributed by atoms with Crippen molar-refractivity contribution in [3.05, 3.63) is 54.1 Å². The van der Waals surface area contributed by atoms with Gasteiger partial charge in [-0.25, -0.2) is 0 Å². The highest BCUT2D eigenvalue weighted by molar-refractivity contribution is 5.99. The van der Waals surface area contributed by atoms with E-state index in [0.717, 1.165) is 63.2 Å². The molecular weight excluding hydrogens is 454 g/mol. The SMILES string of the molecule is CC(=O)Nc1ccc2cccc(N3CCN(CCCCOc4ccc5c(n4)NC(=O)CC5)CC3)c2c1. The Morgan fingerprint density at radius 2 is 1.92 bits per heavy atom. The lowest BCUT2D eigenvalue weighted by molar-refractivity contribution is -0.116. The highest BCUT2D eigenvalue weighted by Crippen LogP contribution is 2.30. The molecule has 2 aliphatic rings. The first kappa shape index (κ1) is 24.1. The number of ether oxygens (including phenoxy) is 1. The number of nitrogens with zero attached hydrogens (tertiary/aromatic N) is 3. The van der Waals surface area contributed by atoms with Gasteiger partial charge in [0.15, 0.2) is 0 Å². The second kappa shape index (κ2) is 11.0. The molecule has 2 amide bonds. The Kier molecular flexibility index (Phi) is 7.32. The van der Waals surface area contributed by atoms with Gasteiger partial charge in [0.05, 0.1) is 6.61 Å². The van der Waals surface area contributed by atoms with E-state index in [9.17, 15) is 9.59 Å². The van der Waals surface area contributed by atoms with Gasteiger partial charge in [0.2, 0.25) is 17.7 Å². The molecule has 3 aromatic rings. The van der Waals surface area contributed by atoms with Crippen molar-refractivity contribution in [1.29, 1.82) is 0 Å². The summed E-state index contributed by atoms with van der Waals surface area (Å²) < 4.78 is 5.83. The van der Waals surface area contributed by atoms with Crippen molar-refractivity contribution in [2.45, 2.75) is 32.6 Å². The second-order valence-electron chi connectivity index (χ2n) is 9.48. The van der Waals surface area contributed by atoms with Gasteiger partial charge in [-0.15, -0.1) is 0 Å². The molecule has 5 rings (SSSR count). The van der Waals surface area contributed by atoms with Gasteiger partial charge in [-0.2, -0.15) is 4.98 Å². The van der Waals surface area contributed by atoms with Crippen LogP contribution in [0.5, 0.6) is 5.88 Å². The highest BCUT2D eigenvalue weighted by atomic mass is 16.5. The van der Waals surface area contributed by atoms with Crippen molar-refractivity contribution in [2.75, 3.05) is 54.9 Å². The molecule has 1 aromatic heterocycles. The van der Waals surface area contributed by atoms with Gasteiger partial charge in [0.25, 0.3) is 0 Å². The predicted molar refractivity (Wildman–Crippen MR) is 143 cm³/mol. The lowest BCUT2D eigenvalue weighted by Crippen LogP contribution is -2.46. The van der Waals surface area contributed by atoms with E-state index in [1.165, 1.54) is 23.4 Å². The van der Waals surface area contributed by atoms with Crippen LogP contribution in [0.25, 0.3) is 10.8 Å². The lowest BCUT2D eigenvalue weighted by Gasteiger charge is -2.36. The third-order valence-corrected chi connectivity index (χ3v) is 6.84. The van der Waals surface area contributed by atoms with E-state index in [-0.39, 0.29) is 11.8 Å². The number of rotatable bonds is 8. The zero-order valence-electron chi connectivity index (χ0n) is 20.8. The van der Waals surface area contributed by atoms with Crippen LogP contribution < -0.4 is 20.3 Å². The molecule has 0 radical (unpaired) electrons. The molecule has 8 heteroatoms. The third kappa shape index (κ3) is 5.76. The number of hydrogen-bond acceptors (Lipinski definition) is 6. The molecule has 0 spiro atoms. The molecule has 0 atom stereocenters. The first-order valence-corrected chi connectivity index (χ1v) is 12.8. The van der Waals surface area contributed by atoms with Gasteiger partial charge in [-0.05, 0) is 61.0 Å². The summed E-state index contributed by atoms with van der Waals surface area (Å²) in [6, 6.07) is 16.4. The number of nitrogens with one attached hydrogen (secondary N) is 2. The van der Waals surface area contributed by atoms with Crippen LogP contribution in [0.15, 0.2) is 48.5 Å². The normalized spacial score (nSPS) is 15.9. The summed E-state index contributed by atoms with van der Waals surface area (Å²) in [5.41, 5.74) is 3.12. The summed E-state index contributed by atoms with van der Waals surface area (Å²) in [7, 11) is 0. The number of benzene rings is 2. The average Bonchev–Trinajstić information content (AvgIpc) is 2.88. The van der Waals surface area contributed by atoms with E-state index in [2.05, 4.69) is 55.7 Å². The number of carbonyl (C=O) groups is 2. The molecule has 0 unspecified atom stereocenters. The smallest absolute Gasteiger partial charge is 0.225 e. The van der Waals surface area contributed by atoms with E-state index >= 15 is 0 Å². The number of piperazine rings is 1.